The maximum absolute atomic E-state index is 12.4. The van der Waals surface area contributed by atoms with E-state index < -0.39 is 12.1 Å². The van der Waals surface area contributed by atoms with Gasteiger partial charge in [0.15, 0.2) is 0 Å². The molecule has 334 valence electrons. The molecule has 0 radical (unpaired) electrons. The van der Waals surface area contributed by atoms with Gasteiger partial charge >= 0.3 is 5.97 Å². The third kappa shape index (κ3) is 43.5. The zero-order valence-electron chi connectivity index (χ0n) is 37.8. The molecule has 6 heteroatoms. The van der Waals surface area contributed by atoms with E-state index >= 15 is 0 Å². The quantitative estimate of drug-likeness (QED) is 0.0324. The highest BCUT2D eigenvalue weighted by molar-refractivity contribution is 5.76. The van der Waals surface area contributed by atoms with Crippen molar-refractivity contribution in [3.05, 3.63) is 36.5 Å². The smallest absolute Gasteiger partial charge is 0.305 e. The van der Waals surface area contributed by atoms with Gasteiger partial charge in [-0.15, -0.1) is 0 Å². The second-order valence-electron chi connectivity index (χ2n) is 16.8. The van der Waals surface area contributed by atoms with E-state index in [0.717, 1.165) is 70.6 Å². The third-order valence-electron chi connectivity index (χ3n) is 11.1. The number of esters is 1. The highest BCUT2D eigenvalue weighted by Gasteiger charge is 2.17. The van der Waals surface area contributed by atoms with Gasteiger partial charge in [0, 0.05) is 12.8 Å². The third-order valence-corrected chi connectivity index (χ3v) is 11.1. The molecule has 0 aromatic heterocycles. The highest BCUT2D eigenvalue weighted by Crippen LogP contribution is 2.14. The van der Waals surface area contributed by atoms with E-state index in [2.05, 4.69) is 43.5 Å². The predicted molar refractivity (Wildman–Crippen MR) is 246 cm³/mol. The molecule has 0 rings (SSSR count). The van der Waals surface area contributed by atoms with E-state index in [-0.39, 0.29) is 18.5 Å². The fourth-order valence-electron chi connectivity index (χ4n) is 7.28. The van der Waals surface area contributed by atoms with E-state index in [1.807, 2.05) is 6.08 Å². The zero-order chi connectivity index (χ0) is 41.5. The summed E-state index contributed by atoms with van der Waals surface area (Å²) in [6, 6.07) is -0.664. The minimum absolute atomic E-state index is 0.0395. The summed E-state index contributed by atoms with van der Waals surface area (Å²) in [5.41, 5.74) is 0. The lowest BCUT2D eigenvalue weighted by Crippen LogP contribution is -2.45. The largest absolute Gasteiger partial charge is 0.466 e. The van der Waals surface area contributed by atoms with E-state index in [0.29, 0.717) is 19.4 Å². The van der Waals surface area contributed by atoms with Crippen LogP contribution in [0.25, 0.3) is 0 Å². The number of hydrogen-bond acceptors (Lipinski definition) is 5. The van der Waals surface area contributed by atoms with Gasteiger partial charge in [-0.25, -0.2) is 0 Å². The summed E-state index contributed by atoms with van der Waals surface area (Å²) in [6.07, 6.45) is 55.8. The van der Waals surface area contributed by atoms with Crippen molar-refractivity contribution in [1.29, 1.82) is 0 Å². The molecule has 57 heavy (non-hydrogen) atoms. The molecule has 0 bridgehead atoms. The number of hydrogen-bond donors (Lipinski definition) is 3. The molecular weight excluding hydrogens is 707 g/mol. The van der Waals surface area contributed by atoms with Crippen molar-refractivity contribution in [2.45, 2.75) is 264 Å². The normalized spacial score (nSPS) is 13.0. The van der Waals surface area contributed by atoms with Crippen LogP contribution in [0.15, 0.2) is 36.5 Å². The van der Waals surface area contributed by atoms with Crippen LogP contribution in [0.1, 0.15) is 251 Å². The van der Waals surface area contributed by atoms with Crippen LogP contribution in [0, 0.1) is 0 Å². The van der Waals surface area contributed by atoms with Crippen molar-refractivity contribution in [3.8, 4) is 0 Å². The Balaban J connectivity index is 3.55. The van der Waals surface area contributed by atoms with Crippen molar-refractivity contribution < 1.29 is 24.5 Å². The Hall–Kier alpha value is -1.92. The number of aliphatic hydroxyl groups is 2. The van der Waals surface area contributed by atoms with Gasteiger partial charge in [-0.3, -0.25) is 9.59 Å². The molecule has 2 unspecified atom stereocenters. The molecule has 3 N–H and O–H groups in total. The Bertz CT molecular complexity index is 931. The van der Waals surface area contributed by atoms with E-state index in [4.69, 9.17) is 4.74 Å². The molecule has 0 aliphatic rings. The average Bonchev–Trinajstić information content (AvgIpc) is 3.21. The molecular formula is C51H95NO5. The van der Waals surface area contributed by atoms with Gasteiger partial charge in [0.2, 0.25) is 5.91 Å². The maximum Gasteiger partial charge on any atom is 0.305 e. The van der Waals surface area contributed by atoms with Crippen LogP contribution >= 0.6 is 0 Å². The van der Waals surface area contributed by atoms with Gasteiger partial charge in [-0.2, -0.15) is 0 Å². The first kappa shape index (κ1) is 55.1. The number of unbranched alkanes of at least 4 members (excludes halogenated alkanes) is 30. The molecule has 0 saturated carbocycles. The van der Waals surface area contributed by atoms with Crippen LogP contribution in [0.3, 0.4) is 0 Å². The predicted octanol–water partition coefficient (Wildman–Crippen LogP) is 14.5. The van der Waals surface area contributed by atoms with Crippen LogP contribution in [0.5, 0.6) is 0 Å². The first-order chi connectivity index (χ1) is 28.0. The van der Waals surface area contributed by atoms with Crippen molar-refractivity contribution in [3.63, 3.8) is 0 Å². The molecule has 0 spiro atoms. The number of rotatable bonds is 45. The molecule has 0 aliphatic carbocycles. The molecule has 0 aromatic carbocycles. The standard InChI is InChI=1S/C51H95NO5/c1-3-5-7-9-11-13-15-17-18-19-20-21-22-23-25-29-33-37-41-45-51(56)57-46-42-38-34-30-26-28-32-36-40-44-50(55)52-48(47-53)49(54)43-39-35-31-27-24-16-14-12-10-8-6-4-2/h17-18,28,32,39,43,48-49,53-54H,3-16,19-27,29-31,33-38,40-42,44-47H2,1-2H3,(H,52,55)/b18-17-,32-28-,43-39+. The summed E-state index contributed by atoms with van der Waals surface area (Å²) in [4.78, 5) is 24.4. The molecule has 0 fully saturated rings. The monoisotopic (exact) mass is 802 g/mol. The van der Waals surface area contributed by atoms with Gasteiger partial charge in [0.05, 0.1) is 25.4 Å². The minimum Gasteiger partial charge on any atom is -0.466 e. The summed E-state index contributed by atoms with van der Waals surface area (Å²) < 4.78 is 5.44. The first-order valence-electron chi connectivity index (χ1n) is 24.8. The van der Waals surface area contributed by atoms with Crippen LogP contribution in [0.4, 0.5) is 0 Å². The number of carbonyl (C=O) groups excluding carboxylic acids is 2. The molecule has 0 aromatic rings. The van der Waals surface area contributed by atoms with E-state index in [1.165, 1.54) is 154 Å². The summed E-state index contributed by atoms with van der Waals surface area (Å²) >= 11 is 0. The topological polar surface area (TPSA) is 95.9 Å². The Morgan fingerprint density at radius 2 is 0.842 bits per heavy atom. The van der Waals surface area contributed by atoms with Gasteiger partial charge in [-0.1, -0.05) is 198 Å². The summed E-state index contributed by atoms with van der Waals surface area (Å²) in [5.74, 6) is -0.170. The van der Waals surface area contributed by atoms with Gasteiger partial charge < -0.3 is 20.3 Å². The van der Waals surface area contributed by atoms with E-state index in [9.17, 15) is 19.8 Å². The number of amides is 1. The fraction of sp³-hybridized carbons (Fsp3) is 0.843. The molecule has 0 saturated heterocycles. The Kier molecular flexibility index (Phi) is 45.2. The average molecular weight is 802 g/mol. The van der Waals surface area contributed by atoms with Crippen LogP contribution in [-0.2, 0) is 14.3 Å². The van der Waals surface area contributed by atoms with Crippen LogP contribution in [0.2, 0.25) is 0 Å². The van der Waals surface area contributed by atoms with Crippen molar-refractivity contribution in [2.75, 3.05) is 13.2 Å². The second-order valence-corrected chi connectivity index (χ2v) is 16.8. The Morgan fingerprint density at radius 3 is 1.28 bits per heavy atom. The molecule has 0 aliphatic heterocycles. The highest BCUT2D eigenvalue weighted by atomic mass is 16.5. The summed E-state index contributed by atoms with van der Waals surface area (Å²) in [7, 11) is 0. The minimum atomic E-state index is -0.874. The maximum atomic E-state index is 12.4. The number of ether oxygens (including phenoxy) is 1. The number of carbonyl (C=O) groups is 2. The second kappa shape index (κ2) is 46.8. The van der Waals surface area contributed by atoms with Crippen LogP contribution < -0.4 is 5.32 Å². The first-order valence-corrected chi connectivity index (χ1v) is 24.8. The number of allylic oxidation sites excluding steroid dienone is 5. The zero-order valence-corrected chi connectivity index (χ0v) is 37.8. The number of aliphatic hydroxyl groups excluding tert-OH is 2. The molecule has 1 amide bonds. The fourth-order valence-corrected chi connectivity index (χ4v) is 7.28. The summed E-state index contributed by atoms with van der Waals surface area (Å²) in [6.45, 7) is 4.79. The lowest BCUT2D eigenvalue weighted by atomic mass is 10.1. The lowest BCUT2D eigenvalue weighted by Gasteiger charge is -2.19. The van der Waals surface area contributed by atoms with Crippen molar-refractivity contribution >= 4 is 11.9 Å². The lowest BCUT2D eigenvalue weighted by molar-refractivity contribution is -0.143. The Labute approximate surface area is 353 Å². The SMILES string of the molecule is CCCCCCCC/C=C\CCCCCCCCCCCC(=O)OCCCCCC/C=C\CCCC(=O)NC(CO)C(O)/C=C/CCCCCCCCCCCC. The van der Waals surface area contributed by atoms with Gasteiger partial charge in [0.25, 0.3) is 0 Å². The van der Waals surface area contributed by atoms with Crippen LogP contribution in [-0.4, -0.2) is 47.4 Å². The van der Waals surface area contributed by atoms with Gasteiger partial charge in [0.1, 0.15) is 0 Å². The molecule has 2 atom stereocenters. The van der Waals surface area contributed by atoms with E-state index in [1.54, 1.807) is 6.08 Å². The van der Waals surface area contributed by atoms with Gasteiger partial charge in [-0.05, 0) is 77.0 Å². The molecule has 0 heterocycles. The summed E-state index contributed by atoms with van der Waals surface area (Å²) in [5, 5.41) is 22.9. The Morgan fingerprint density at radius 1 is 0.474 bits per heavy atom. The molecule has 6 nitrogen and oxygen atoms in total. The number of nitrogens with one attached hydrogen (secondary N) is 1. The van der Waals surface area contributed by atoms with Crippen molar-refractivity contribution in [1.82, 2.24) is 5.32 Å². The van der Waals surface area contributed by atoms with Crippen molar-refractivity contribution in [2.24, 2.45) is 0 Å².